The third-order valence-corrected chi connectivity index (χ3v) is 4.57. The molecule has 0 aromatic heterocycles. The molecule has 2 aromatic rings. The van der Waals surface area contributed by atoms with Crippen molar-refractivity contribution in [3.8, 4) is 0 Å². The first-order valence-corrected chi connectivity index (χ1v) is 11.3. The van der Waals surface area contributed by atoms with E-state index in [0.717, 1.165) is 12.1 Å². The number of halogens is 1. The maximum absolute atomic E-state index is 14.2. The Morgan fingerprint density at radius 3 is 2.03 bits per heavy atom. The number of carbonyl (C=O) groups excluding carboxylic acids is 3. The van der Waals surface area contributed by atoms with Gasteiger partial charge in [-0.25, -0.2) is 14.0 Å². The van der Waals surface area contributed by atoms with Gasteiger partial charge in [0.05, 0.1) is 5.56 Å². The van der Waals surface area contributed by atoms with Crippen LogP contribution in [0.25, 0.3) is 0 Å². The van der Waals surface area contributed by atoms with Gasteiger partial charge >= 0.3 is 19.2 Å². The minimum Gasteiger partial charge on any atom is -0.458 e. The first-order valence-electron chi connectivity index (χ1n) is 11.3. The number of nitrogens with one attached hydrogen (secondary N) is 2. The van der Waals surface area contributed by atoms with Gasteiger partial charge in [0.25, 0.3) is 5.91 Å². The molecule has 0 aliphatic rings. The Labute approximate surface area is 210 Å². The number of benzene rings is 2. The number of ether oxygens (including phenoxy) is 2. The molecule has 2 amide bonds. The second-order valence-corrected chi connectivity index (χ2v) is 10.2. The Morgan fingerprint density at radius 1 is 0.944 bits per heavy atom. The third kappa shape index (κ3) is 9.31. The maximum Gasteiger partial charge on any atom is 0.488 e. The highest BCUT2D eigenvalue weighted by molar-refractivity contribution is 6.58. The number of carbonyl (C=O) groups is 3. The summed E-state index contributed by atoms with van der Waals surface area (Å²) in [5.41, 5.74) is -0.833. The smallest absolute Gasteiger partial charge is 0.458 e. The fourth-order valence-electron chi connectivity index (χ4n) is 3.05. The summed E-state index contributed by atoms with van der Waals surface area (Å²) in [6.45, 7) is 10.3. The molecule has 0 fully saturated rings. The largest absolute Gasteiger partial charge is 0.488 e. The van der Waals surface area contributed by atoms with Crippen molar-refractivity contribution in [2.24, 2.45) is 0 Å². The van der Waals surface area contributed by atoms with E-state index < -0.39 is 48.1 Å². The molecule has 0 radical (unpaired) electrons. The van der Waals surface area contributed by atoms with Gasteiger partial charge in [-0.1, -0.05) is 18.2 Å². The second kappa shape index (κ2) is 11.5. The molecule has 2 aromatic carbocycles. The van der Waals surface area contributed by atoms with Crippen molar-refractivity contribution in [2.45, 2.75) is 65.2 Å². The van der Waals surface area contributed by atoms with Crippen LogP contribution in [0.3, 0.4) is 0 Å². The monoisotopic (exact) mass is 502 g/mol. The molecule has 2 rings (SSSR count). The van der Waals surface area contributed by atoms with Gasteiger partial charge in [-0.2, -0.15) is 0 Å². The van der Waals surface area contributed by atoms with Gasteiger partial charge in [-0.3, -0.25) is 4.79 Å². The lowest BCUT2D eigenvalue weighted by molar-refractivity contribution is -0.157. The summed E-state index contributed by atoms with van der Waals surface area (Å²) < 4.78 is 24.9. The van der Waals surface area contributed by atoms with E-state index in [1.165, 1.54) is 6.07 Å². The first kappa shape index (κ1) is 28.8. The molecule has 0 aliphatic carbocycles. The van der Waals surface area contributed by atoms with Crippen LogP contribution in [-0.2, 0) is 20.7 Å². The van der Waals surface area contributed by atoms with Crippen LogP contribution >= 0.6 is 0 Å². The molecule has 36 heavy (non-hydrogen) atoms. The van der Waals surface area contributed by atoms with Gasteiger partial charge in [0.1, 0.15) is 23.1 Å². The average Bonchev–Trinajstić information content (AvgIpc) is 2.71. The first-order chi connectivity index (χ1) is 16.5. The van der Waals surface area contributed by atoms with Crippen molar-refractivity contribution in [3.05, 3.63) is 59.4 Å². The molecule has 9 nitrogen and oxygen atoms in total. The van der Waals surface area contributed by atoms with Gasteiger partial charge < -0.3 is 30.2 Å². The van der Waals surface area contributed by atoms with Crippen LogP contribution in [0, 0.1) is 5.82 Å². The molecule has 0 aliphatic heterocycles. The molecule has 194 valence electrons. The van der Waals surface area contributed by atoms with E-state index in [0.29, 0.717) is 11.3 Å². The zero-order chi connectivity index (χ0) is 27.3. The van der Waals surface area contributed by atoms with Gasteiger partial charge in [-0.15, -0.1) is 0 Å². The van der Waals surface area contributed by atoms with Crippen LogP contribution in [-0.4, -0.2) is 52.4 Å². The lowest BCUT2D eigenvalue weighted by Gasteiger charge is -2.26. The van der Waals surface area contributed by atoms with Crippen molar-refractivity contribution in [1.82, 2.24) is 5.32 Å². The second-order valence-electron chi connectivity index (χ2n) is 10.2. The summed E-state index contributed by atoms with van der Waals surface area (Å²) in [6, 6.07) is 8.66. The van der Waals surface area contributed by atoms with E-state index in [-0.39, 0.29) is 17.4 Å². The number of anilines is 1. The topological polar surface area (TPSA) is 134 Å². The fraction of sp³-hybridized carbons (Fsp3) is 0.400. The summed E-state index contributed by atoms with van der Waals surface area (Å²) in [6.07, 6.45) is -0.661. The van der Waals surface area contributed by atoms with Crippen molar-refractivity contribution in [3.63, 3.8) is 0 Å². The predicted molar refractivity (Wildman–Crippen MR) is 133 cm³/mol. The van der Waals surface area contributed by atoms with Gasteiger partial charge in [0.15, 0.2) is 0 Å². The van der Waals surface area contributed by atoms with E-state index in [1.54, 1.807) is 65.8 Å². The van der Waals surface area contributed by atoms with Crippen LogP contribution in [0.1, 0.15) is 57.5 Å². The fourth-order valence-corrected chi connectivity index (χ4v) is 3.05. The van der Waals surface area contributed by atoms with E-state index in [9.17, 15) is 18.8 Å². The average molecular weight is 502 g/mol. The van der Waals surface area contributed by atoms with E-state index in [1.807, 2.05) is 0 Å². The van der Waals surface area contributed by atoms with Gasteiger partial charge in [0, 0.05) is 12.1 Å². The lowest BCUT2D eigenvalue weighted by Crippen LogP contribution is -2.47. The molecular formula is C25H32BFN2O7. The van der Waals surface area contributed by atoms with Crippen molar-refractivity contribution >= 4 is 36.2 Å². The van der Waals surface area contributed by atoms with Crippen LogP contribution < -0.4 is 16.1 Å². The van der Waals surface area contributed by atoms with Crippen LogP contribution in [0.2, 0.25) is 0 Å². The highest BCUT2D eigenvalue weighted by Crippen LogP contribution is 2.17. The lowest BCUT2D eigenvalue weighted by atomic mass is 9.80. The Kier molecular flexibility index (Phi) is 9.23. The quantitative estimate of drug-likeness (QED) is 0.338. The summed E-state index contributed by atoms with van der Waals surface area (Å²) in [5, 5.41) is 23.3. The number of alkyl carbamates (subject to hydrolysis) is 1. The van der Waals surface area contributed by atoms with Crippen molar-refractivity contribution in [1.29, 1.82) is 0 Å². The van der Waals surface area contributed by atoms with Gasteiger partial charge in [-0.05, 0) is 76.8 Å². The Morgan fingerprint density at radius 2 is 1.53 bits per heavy atom. The zero-order valence-electron chi connectivity index (χ0n) is 21.2. The number of esters is 1. The third-order valence-electron chi connectivity index (χ3n) is 4.57. The Balaban J connectivity index is 2.13. The van der Waals surface area contributed by atoms with E-state index in [2.05, 4.69) is 10.6 Å². The minimum atomic E-state index is -1.85. The number of rotatable bonds is 7. The number of amides is 2. The summed E-state index contributed by atoms with van der Waals surface area (Å²) in [4.78, 5) is 37.4. The van der Waals surface area contributed by atoms with Crippen LogP contribution in [0.5, 0.6) is 0 Å². The predicted octanol–water partition coefficient (Wildman–Crippen LogP) is 2.54. The molecule has 0 heterocycles. The van der Waals surface area contributed by atoms with Crippen LogP contribution in [0.4, 0.5) is 14.9 Å². The summed E-state index contributed by atoms with van der Waals surface area (Å²) in [5.74, 6) is -2.25. The SMILES string of the molecule is CC(C)(C)OC(=O)N[C@@H](Cc1ccc(NC(=O)c2ccc(B(O)O)cc2F)cc1)C(=O)OC(C)(C)C. The van der Waals surface area contributed by atoms with Gasteiger partial charge in [0.2, 0.25) is 0 Å². The number of hydrogen-bond donors (Lipinski definition) is 4. The Bertz CT molecular complexity index is 1090. The molecule has 0 unspecified atom stereocenters. The molecule has 11 heteroatoms. The molecule has 1 atom stereocenters. The molecule has 0 saturated carbocycles. The Hall–Kier alpha value is -3.44. The van der Waals surface area contributed by atoms with E-state index >= 15 is 0 Å². The van der Waals surface area contributed by atoms with Crippen molar-refractivity contribution < 1.29 is 38.3 Å². The molecule has 4 N–H and O–H groups in total. The maximum atomic E-state index is 14.2. The molecule has 0 saturated heterocycles. The summed E-state index contributed by atoms with van der Waals surface area (Å²) >= 11 is 0. The highest BCUT2D eigenvalue weighted by Gasteiger charge is 2.29. The number of hydrogen-bond acceptors (Lipinski definition) is 7. The summed E-state index contributed by atoms with van der Waals surface area (Å²) in [7, 11) is -1.85. The molecule has 0 bridgehead atoms. The standard InChI is InChI=1S/C25H32BFN2O7/c1-24(2,3)35-22(31)20(29-23(32)36-25(4,5)6)13-15-7-10-17(11-8-15)28-21(30)18-12-9-16(26(33)34)14-19(18)27/h7-12,14,20,33-34H,13H2,1-6H3,(H,28,30)(H,29,32)/t20-/m0/s1. The van der Waals surface area contributed by atoms with E-state index in [4.69, 9.17) is 19.5 Å². The normalized spacial score (nSPS) is 12.4. The highest BCUT2D eigenvalue weighted by atomic mass is 19.1. The van der Waals surface area contributed by atoms with Crippen LogP contribution in [0.15, 0.2) is 42.5 Å². The van der Waals surface area contributed by atoms with Crippen molar-refractivity contribution in [2.75, 3.05) is 5.32 Å². The minimum absolute atomic E-state index is 0.0760. The molecule has 0 spiro atoms. The zero-order valence-corrected chi connectivity index (χ0v) is 21.2. The molecular weight excluding hydrogens is 470 g/mol.